The predicted octanol–water partition coefficient (Wildman–Crippen LogP) is 1.24. The third-order valence-electron chi connectivity index (χ3n) is 7.71. The number of carbonyl (C=O) groups excluding carboxylic acids is 3. The number of imide groups is 1. The van der Waals surface area contributed by atoms with Crippen molar-refractivity contribution in [3.63, 3.8) is 0 Å². The van der Waals surface area contributed by atoms with Gasteiger partial charge in [-0.1, -0.05) is 12.1 Å². The van der Waals surface area contributed by atoms with Crippen LogP contribution in [-0.4, -0.2) is 43.5 Å². The molecule has 4 fully saturated rings. The number of amides is 4. The summed E-state index contributed by atoms with van der Waals surface area (Å²) in [5, 5.41) is 8.40. The molecular weight excluding hydrogens is 392 g/mol. The molecule has 7 heteroatoms. The molecular formula is C24H35N4O3+. The first-order valence-electron chi connectivity index (χ1n) is 11.5. The van der Waals surface area contributed by atoms with Crippen molar-refractivity contribution in [1.82, 2.24) is 16.0 Å². The van der Waals surface area contributed by atoms with E-state index in [2.05, 4.69) is 16.0 Å². The normalized spacial score (nSPS) is 30.4. The van der Waals surface area contributed by atoms with E-state index >= 15 is 0 Å². The second-order valence-electron chi connectivity index (χ2n) is 10.2. The van der Waals surface area contributed by atoms with E-state index in [0.29, 0.717) is 12.1 Å². The molecule has 168 valence electrons. The molecule has 4 N–H and O–H groups in total. The highest BCUT2D eigenvalue weighted by molar-refractivity contribution is 5.96. The first-order chi connectivity index (χ1) is 14.8. The van der Waals surface area contributed by atoms with Gasteiger partial charge in [-0.05, 0) is 75.3 Å². The lowest BCUT2D eigenvalue weighted by Crippen LogP contribution is -3.12. The fraction of sp³-hybridized carbons (Fsp3) is 0.625. The lowest BCUT2D eigenvalue weighted by Gasteiger charge is -2.56. The fourth-order valence-electron chi connectivity index (χ4n) is 6.37. The smallest absolute Gasteiger partial charge is 0.322 e. The topological polar surface area (TPSA) is 91.7 Å². The highest BCUT2D eigenvalue weighted by Crippen LogP contribution is 2.55. The Morgan fingerprint density at radius 3 is 2.10 bits per heavy atom. The second kappa shape index (κ2) is 8.61. The Hall–Kier alpha value is -2.41. The largest absolute Gasteiger partial charge is 0.355 e. The Kier molecular flexibility index (Phi) is 6.06. The van der Waals surface area contributed by atoms with Crippen LogP contribution in [-0.2, 0) is 11.3 Å². The zero-order chi connectivity index (χ0) is 22.2. The standard InChI is InChI=1S/C24H34N4O3/c1-15(28(3)14-16-4-6-20(7-5-16)22(30)25-2)21(29)26-23(31)27-24-11-17-8-18(12-24)10-19(9-17)13-24/h4-7,15,17-19H,8-14H2,1-3H3,(H,25,30)(H2,26,27,29,31)/p+1/t15-,17?,18?,19?,24?/m1/s1. The number of benzene rings is 1. The molecule has 0 heterocycles. The Morgan fingerprint density at radius 1 is 1.03 bits per heavy atom. The van der Waals surface area contributed by atoms with Crippen molar-refractivity contribution in [2.45, 2.75) is 63.6 Å². The molecule has 2 atom stereocenters. The van der Waals surface area contributed by atoms with Crippen LogP contribution in [0.4, 0.5) is 4.79 Å². The van der Waals surface area contributed by atoms with Crippen LogP contribution >= 0.6 is 0 Å². The van der Waals surface area contributed by atoms with Gasteiger partial charge < -0.3 is 15.5 Å². The van der Waals surface area contributed by atoms with Crippen LogP contribution < -0.4 is 20.9 Å². The molecule has 0 radical (unpaired) electrons. The van der Waals surface area contributed by atoms with E-state index in [1.54, 1.807) is 19.2 Å². The summed E-state index contributed by atoms with van der Waals surface area (Å²) in [6.07, 6.45) is 7.14. The van der Waals surface area contributed by atoms with Crippen molar-refractivity contribution in [1.29, 1.82) is 0 Å². The summed E-state index contributed by atoms with van der Waals surface area (Å²) < 4.78 is 0. The van der Waals surface area contributed by atoms with Crippen LogP contribution in [0.15, 0.2) is 24.3 Å². The number of carbonyl (C=O) groups is 3. The molecule has 31 heavy (non-hydrogen) atoms. The summed E-state index contributed by atoms with van der Waals surface area (Å²) >= 11 is 0. The van der Waals surface area contributed by atoms with Crippen LogP contribution in [0.2, 0.25) is 0 Å². The number of urea groups is 1. The Labute approximate surface area is 184 Å². The van der Waals surface area contributed by atoms with Gasteiger partial charge in [0.2, 0.25) is 0 Å². The lowest BCUT2D eigenvalue weighted by molar-refractivity contribution is -0.908. The van der Waals surface area contributed by atoms with Crippen LogP contribution in [0.3, 0.4) is 0 Å². The quantitative estimate of drug-likeness (QED) is 0.551. The monoisotopic (exact) mass is 427 g/mol. The SMILES string of the molecule is CNC(=O)c1ccc(C[NH+](C)[C@H](C)C(=O)NC(=O)NC23CC4CC(CC(C4)C2)C3)cc1. The van der Waals surface area contributed by atoms with Gasteiger partial charge in [-0.15, -0.1) is 0 Å². The van der Waals surface area contributed by atoms with Gasteiger partial charge in [0.15, 0.2) is 6.04 Å². The number of quaternary nitrogens is 1. The molecule has 4 saturated carbocycles. The average molecular weight is 428 g/mol. The van der Waals surface area contributed by atoms with Gasteiger partial charge in [-0.2, -0.15) is 0 Å². The molecule has 1 aromatic carbocycles. The van der Waals surface area contributed by atoms with Crippen molar-refractivity contribution < 1.29 is 19.3 Å². The average Bonchev–Trinajstić information content (AvgIpc) is 2.71. The van der Waals surface area contributed by atoms with E-state index in [1.165, 1.54) is 19.3 Å². The second-order valence-corrected chi connectivity index (χ2v) is 10.2. The molecule has 7 nitrogen and oxygen atoms in total. The van der Waals surface area contributed by atoms with E-state index in [4.69, 9.17) is 0 Å². The Balaban J connectivity index is 1.29. The van der Waals surface area contributed by atoms with Gasteiger partial charge in [0.05, 0.1) is 7.05 Å². The predicted molar refractivity (Wildman–Crippen MR) is 117 cm³/mol. The van der Waals surface area contributed by atoms with Crippen molar-refractivity contribution in [3.05, 3.63) is 35.4 Å². The molecule has 4 aliphatic rings. The minimum Gasteiger partial charge on any atom is -0.355 e. The number of nitrogens with one attached hydrogen (secondary N) is 4. The van der Waals surface area contributed by atoms with Crippen molar-refractivity contribution in [3.8, 4) is 0 Å². The fourth-order valence-corrected chi connectivity index (χ4v) is 6.37. The van der Waals surface area contributed by atoms with Crippen LogP contribution in [0.5, 0.6) is 0 Å². The Morgan fingerprint density at radius 2 is 1.58 bits per heavy atom. The van der Waals surface area contributed by atoms with Crippen LogP contribution in [0, 0.1) is 17.8 Å². The minimum absolute atomic E-state index is 0.104. The summed E-state index contributed by atoms with van der Waals surface area (Å²) in [6.45, 7) is 2.46. The van der Waals surface area contributed by atoms with Crippen molar-refractivity contribution in [2.24, 2.45) is 17.8 Å². The molecule has 4 aliphatic carbocycles. The summed E-state index contributed by atoms with van der Waals surface area (Å²) in [6, 6.07) is 6.65. The maximum atomic E-state index is 12.7. The van der Waals surface area contributed by atoms with Crippen LogP contribution in [0.25, 0.3) is 0 Å². The van der Waals surface area contributed by atoms with Gasteiger partial charge in [-0.3, -0.25) is 14.9 Å². The third kappa shape index (κ3) is 4.76. The molecule has 0 spiro atoms. The zero-order valence-corrected chi connectivity index (χ0v) is 18.8. The number of hydrogen-bond donors (Lipinski definition) is 4. The van der Waals surface area contributed by atoms with E-state index in [0.717, 1.165) is 47.5 Å². The summed E-state index contributed by atoms with van der Waals surface area (Å²) in [5.41, 5.74) is 1.53. The molecule has 1 unspecified atom stereocenters. The van der Waals surface area contributed by atoms with Crippen LogP contribution in [0.1, 0.15) is 61.4 Å². The highest BCUT2D eigenvalue weighted by Gasteiger charge is 2.51. The van der Waals surface area contributed by atoms with Crippen molar-refractivity contribution in [2.75, 3.05) is 14.1 Å². The van der Waals surface area contributed by atoms with E-state index in [9.17, 15) is 14.4 Å². The third-order valence-corrected chi connectivity index (χ3v) is 7.71. The van der Waals surface area contributed by atoms with E-state index in [-0.39, 0.29) is 29.4 Å². The molecule has 4 amide bonds. The summed E-state index contributed by atoms with van der Waals surface area (Å²) in [7, 11) is 3.54. The molecule has 4 bridgehead atoms. The van der Waals surface area contributed by atoms with Gasteiger partial charge in [0, 0.05) is 23.7 Å². The highest BCUT2D eigenvalue weighted by atomic mass is 16.2. The minimum atomic E-state index is -0.374. The summed E-state index contributed by atoms with van der Waals surface area (Å²) in [5.74, 6) is 1.84. The maximum Gasteiger partial charge on any atom is 0.322 e. The number of rotatable bonds is 6. The van der Waals surface area contributed by atoms with Gasteiger partial charge >= 0.3 is 6.03 Å². The van der Waals surface area contributed by atoms with Crippen molar-refractivity contribution >= 4 is 17.8 Å². The molecule has 1 aromatic rings. The molecule has 5 rings (SSSR count). The zero-order valence-electron chi connectivity index (χ0n) is 18.8. The molecule has 0 saturated heterocycles. The first-order valence-corrected chi connectivity index (χ1v) is 11.5. The van der Waals surface area contributed by atoms with E-state index < -0.39 is 0 Å². The summed E-state index contributed by atoms with van der Waals surface area (Å²) in [4.78, 5) is 38.0. The molecule has 0 aliphatic heterocycles. The number of hydrogen-bond acceptors (Lipinski definition) is 3. The molecule has 0 aromatic heterocycles. The number of likely N-dealkylation sites (N-methyl/N-ethyl adjacent to an activating group) is 1. The maximum absolute atomic E-state index is 12.7. The van der Waals surface area contributed by atoms with Gasteiger partial charge in [0.1, 0.15) is 6.54 Å². The lowest BCUT2D eigenvalue weighted by atomic mass is 9.53. The van der Waals surface area contributed by atoms with E-state index in [1.807, 2.05) is 26.1 Å². The first kappa shape index (κ1) is 21.8. The Bertz CT molecular complexity index is 816. The van der Waals surface area contributed by atoms with Gasteiger partial charge in [-0.25, -0.2) is 4.79 Å². The van der Waals surface area contributed by atoms with Gasteiger partial charge in [0.25, 0.3) is 11.8 Å².